The van der Waals surface area contributed by atoms with Gasteiger partial charge in [-0.3, -0.25) is 9.67 Å². The van der Waals surface area contributed by atoms with Crippen molar-refractivity contribution in [1.29, 1.82) is 0 Å². The Kier molecular flexibility index (Phi) is 3.22. The summed E-state index contributed by atoms with van der Waals surface area (Å²) in [5.41, 5.74) is 0. The molecular formula is C10H13N3OS2. The maximum Gasteiger partial charge on any atom is 0.195 e. The van der Waals surface area contributed by atoms with Gasteiger partial charge in [-0.25, -0.2) is 0 Å². The molecule has 16 heavy (non-hydrogen) atoms. The van der Waals surface area contributed by atoms with Crippen molar-refractivity contribution in [3.8, 4) is 0 Å². The van der Waals surface area contributed by atoms with Crippen molar-refractivity contribution < 1.29 is 5.11 Å². The summed E-state index contributed by atoms with van der Waals surface area (Å²) in [6.07, 6.45) is 0. The van der Waals surface area contributed by atoms with E-state index in [1.807, 2.05) is 4.57 Å². The summed E-state index contributed by atoms with van der Waals surface area (Å²) in [6, 6.07) is 4.27. The number of aliphatic hydroxyl groups is 1. The lowest BCUT2D eigenvalue weighted by molar-refractivity contribution is 0.263. The third-order valence-corrected chi connectivity index (χ3v) is 3.94. The molecule has 0 radical (unpaired) electrons. The lowest BCUT2D eigenvalue weighted by Crippen LogP contribution is -2.09. The molecule has 0 aromatic carbocycles. The van der Waals surface area contributed by atoms with E-state index in [-0.39, 0.29) is 12.6 Å². The first kappa shape index (κ1) is 11.5. The number of aryl methyl sites for hydroxylation is 1. The van der Waals surface area contributed by atoms with Crippen LogP contribution in [0.25, 0.3) is 0 Å². The van der Waals surface area contributed by atoms with E-state index in [4.69, 9.17) is 12.2 Å². The topological polar surface area (TPSA) is 53.8 Å². The molecule has 86 valence electrons. The van der Waals surface area contributed by atoms with Crippen LogP contribution in [0.1, 0.15) is 28.5 Å². The average Bonchev–Trinajstić information content (AvgIpc) is 2.83. The van der Waals surface area contributed by atoms with Crippen LogP contribution < -0.4 is 0 Å². The Balaban J connectivity index is 2.44. The van der Waals surface area contributed by atoms with E-state index in [9.17, 15) is 5.11 Å². The summed E-state index contributed by atoms with van der Waals surface area (Å²) >= 11 is 6.89. The fourth-order valence-electron chi connectivity index (χ4n) is 1.65. The van der Waals surface area contributed by atoms with Crippen molar-refractivity contribution >= 4 is 23.6 Å². The summed E-state index contributed by atoms with van der Waals surface area (Å²) in [5.74, 6) is 0.573. The van der Waals surface area contributed by atoms with Gasteiger partial charge in [-0.15, -0.1) is 11.3 Å². The molecule has 2 N–H and O–H groups in total. The molecule has 1 atom stereocenters. The van der Waals surface area contributed by atoms with E-state index in [1.54, 1.807) is 11.3 Å². The minimum absolute atomic E-state index is 0.104. The minimum atomic E-state index is -0.109. The van der Waals surface area contributed by atoms with Gasteiger partial charge in [-0.2, -0.15) is 5.10 Å². The van der Waals surface area contributed by atoms with Crippen LogP contribution in [0.15, 0.2) is 12.1 Å². The van der Waals surface area contributed by atoms with Gasteiger partial charge in [0.05, 0.1) is 6.04 Å². The van der Waals surface area contributed by atoms with E-state index >= 15 is 0 Å². The van der Waals surface area contributed by atoms with Gasteiger partial charge >= 0.3 is 0 Å². The Morgan fingerprint density at radius 3 is 2.94 bits per heavy atom. The maximum atomic E-state index is 9.19. The highest BCUT2D eigenvalue weighted by Crippen LogP contribution is 2.26. The summed E-state index contributed by atoms with van der Waals surface area (Å²) in [6.45, 7) is 4.01. The molecule has 4 nitrogen and oxygen atoms in total. The average molecular weight is 255 g/mol. The summed E-state index contributed by atoms with van der Waals surface area (Å²) < 4.78 is 2.39. The van der Waals surface area contributed by atoms with E-state index < -0.39 is 0 Å². The molecular weight excluding hydrogens is 242 g/mol. The molecule has 1 unspecified atom stereocenters. The van der Waals surface area contributed by atoms with Gasteiger partial charge in [0.25, 0.3) is 0 Å². The molecule has 0 aliphatic carbocycles. The van der Waals surface area contributed by atoms with Crippen LogP contribution in [0.4, 0.5) is 0 Å². The van der Waals surface area contributed by atoms with Crippen LogP contribution >= 0.6 is 23.6 Å². The molecule has 2 rings (SSSR count). The molecule has 0 aliphatic heterocycles. The van der Waals surface area contributed by atoms with Gasteiger partial charge in [0.15, 0.2) is 10.6 Å². The largest absolute Gasteiger partial charge is 0.388 e. The van der Waals surface area contributed by atoms with Crippen LogP contribution in [0.3, 0.4) is 0 Å². The monoisotopic (exact) mass is 255 g/mol. The summed E-state index contributed by atoms with van der Waals surface area (Å²) in [4.78, 5) is 2.48. The zero-order valence-corrected chi connectivity index (χ0v) is 10.7. The van der Waals surface area contributed by atoms with Gasteiger partial charge < -0.3 is 5.11 Å². The molecule has 2 aromatic rings. The van der Waals surface area contributed by atoms with Crippen molar-refractivity contribution in [3.05, 3.63) is 32.5 Å². The predicted octanol–water partition coefficient (Wildman–Crippen LogP) is 2.41. The number of nitrogens with one attached hydrogen (secondary N) is 1. The standard InChI is InChI=1S/C10H13N3OS2/c1-6-3-4-8(16-6)7(2)13-9(5-14)11-12-10(13)15/h3-4,7,14H,5H2,1-2H3,(H,12,15). The Hall–Kier alpha value is -0.980. The van der Waals surface area contributed by atoms with Crippen molar-refractivity contribution in [3.63, 3.8) is 0 Å². The van der Waals surface area contributed by atoms with E-state index in [1.165, 1.54) is 9.75 Å². The smallest absolute Gasteiger partial charge is 0.195 e. The second-order valence-corrected chi connectivity index (χ2v) is 5.30. The van der Waals surface area contributed by atoms with E-state index in [0.717, 1.165) is 0 Å². The Morgan fingerprint density at radius 2 is 2.38 bits per heavy atom. The highest BCUT2D eigenvalue weighted by molar-refractivity contribution is 7.71. The van der Waals surface area contributed by atoms with Crippen LogP contribution in [0.5, 0.6) is 0 Å². The van der Waals surface area contributed by atoms with Crippen molar-refractivity contribution in [2.45, 2.75) is 26.5 Å². The number of nitrogens with zero attached hydrogens (tertiary/aromatic N) is 2. The predicted molar refractivity (Wildman–Crippen MR) is 66.2 cm³/mol. The first-order valence-electron chi connectivity index (χ1n) is 4.96. The lowest BCUT2D eigenvalue weighted by Gasteiger charge is -2.12. The first-order chi connectivity index (χ1) is 7.63. The highest BCUT2D eigenvalue weighted by Gasteiger charge is 2.15. The number of hydrogen-bond donors (Lipinski definition) is 2. The van der Waals surface area contributed by atoms with Crippen LogP contribution in [-0.4, -0.2) is 19.9 Å². The summed E-state index contributed by atoms with van der Waals surface area (Å²) in [7, 11) is 0. The van der Waals surface area contributed by atoms with Crippen LogP contribution in [-0.2, 0) is 6.61 Å². The molecule has 2 heterocycles. The highest BCUT2D eigenvalue weighted by atomic mass is 32.1. The molecule has 0 bridgehead atoms. The number of aliphatic hydroxyl groups excluding tert-OH is 1. The minimum Gasteiger partial charge on any atom is -0.388 e. The van der Waals surface area contributed by atoms with Gasteiger partial charge in [0.2, 0.25) is 0 Å². The molecule has 0 amide bonds. The Morgan fingerprint density at radius 1 is 1.62 bits per heavy atom. The number of hydrogen-bond acceptors (Lipinski definition) is 4. The maximum absolute atomic E-state index is 9.19. The second-order valence-electron chi connectivity index (χ2n) is 3.60. The Labute approximate surface area is 103 Å². The van der Waals surface area contributed by atoms with Crippen molar-refractivity contribution in [2.75, 3.05) is 0 Å². The van der Waals surface area contributed by atoms with Gasteiger partial charge in [0, 0.05) is 9.75 Å². The van der Waals surface area contributed by atoms with E-state index in [0.29, 0.717) is 10.6 Å². The Bertz CT molecular complexity index is 540. The SMILES string of the molecule is Cc1ccc(C(C)n2c(CO)n[nH]c2=S)s1. The number of aromatic amines is 1. The molecule has 0 spiro atoms. The molecule has 0 saturated carbocycles. The fourth-order valence-corrected chi connectivity index (χ4v) is 2.88. The third kappa shape index (κ3) is 1.95. The second kappa shape index (κ2) is 4.48. The molecule has 6 heteroatoms. The molecule has 0 saturated heterocycles. The molecule has 0 fully saturated rings. The van der Waals surface area contributed by atoms with Crippen LogP contribution in [0, 0.1) is 11.7 Å². The zero-order valence-electron chi connectivity index (χ0n) is 9.10. The zero-order chi connectivity index (χ0) is 11.7. The van der Waals surface area contributed by atoms with Gasteiger partial charge in [-0.1, -0.05) is 0 Å². The van der Waals surface area contributed by atoms with Crippen molar-refractivity contribution in [2.24, 2.45) is 0 Å². The normalized spacial score (nSPS) is 12.9. The van der Waals surface area contributed by atoms with Crippen LogP contribution in [0.2, 0.25) is 0 Å². The molecule has 0 aliphatic rings. The van der Waals surface area contributed by atoms with Crippen molar-refractivity contribution in [1.82, 2.24) is 14.8 Å². The molecule has 2 aromatic heterocycles. The fraction of sp³-hybridized carbons (Fsp3) is 0.400. The first-order valence-corrected chi connectivity index (χ1v) is 6.19. The number of aromatic nitrogens is 3. The quantitative estimate of drug-likeness (QED) is 0.828. The summed E-state index contributed by atoms with van der Waals surface area (Å²) in [5, 5.41) is 15.9. The van der Waals surface area contributed by atoms with Gasteiger partial charge in [-0.05, 0) is 38.2 Å². The van der Waals surface area contributed by atoms with Gasteiger partial charge in [0.1, 0.15) is 6.61 Å². The number of thiophene rings is 1. The number of rotatable bonds is 3. The third-order valence-electron chi connectivity index (χ3n) is 2.48. The lowest BCUT2D eigenvalue weighted by atomic mass is 10.2. The number of H-pyrrole nitrogens is 1. The van der Waals surface area contributed by atoms with E-state index in [2.05, 4.69) is 36.2 Å².